The van der Waals surface area contributed by atoms with Crippen molar-refractivity contribution in [1.29, 1.82) is 0 Å². The Balaban J connectivity index is 0.00000200. The van der Waals surface area contributed by atoms with E-state index in [1.165, 1.54) is 6.42 Å². The fourth-order valence-corrected chi connectivity index (χ4v) is 3.34. The lowest BCUT2D eigenvalue weighted by molar-refractivity contribution is -0.141. The summed E-state index contributed by atoms with van der Waals surface area (Å²) in [5.74, 6) is 0.253. The molecule has 116 valence electrons. The van der Waals surface area contributed by atoms with Crippen LogP contribution >= 0.6 is 12.4 Å². The van der Waals surface area contributed by atoms with Crippen LogP contribution in [0.5, 0.6) is 0 Å². The summed E-state index contributed by atoms with van der Waals surface area (Å²) in [5, 5.41) is 8.96. The van der Waals surface area contributed by atoms with Crippen LogP contribution in [-0.2, 0) is 9.59 Å². The highest BCUT2D eigenvalue weighted by atomic mass is 35.5. The molecule has 3 atom stereocenters. The molecule has 0 spiro atoms. The molecule has 2 rings (SSSR count). The highest BCUT2D eigenvalue weighted by Crippen LogP contribution is 2.22. The molecule has 0 aromatic heterocycles. The molecule has 2 saturated heterocycles. The van der Waals surface area contributed by atoms with Crippen LogP contribution in [0.15, 0.2) is 0 Å². The maximum absolute atomic E-state index is 12.3. The largest absolute Gasteiger partial charge is 0.481 e. The van der Waals surface area contributed by atoms with Crippen LogP contribution < -0.4 is 0 Å². The Bertz CT molecular complexity index is 354. The highest BCUT2D eigenvalue weighted by Gasteiger charge is 2.31. The summed E-state index contributed by atoms with van der Waals surface area (Å²) in [6.45, 7) is 7.68. The first-order valence-corrected chi connectivity index (χ1v) is 7.18. The van der Waals surface area contributed by atoms with Gasteiger partial charge in [-0.25, -0.2) is 0 Å². The van der Waals surface area contributed by atoms with Crippen molar-refractivity contribution in [2.45, 2.75) is 26.7 Å². The van der Waals surface area contributed by atoms with Crippen LogP contribution in [-0.4, -0.2) is 59.5 Å². The number of piperidine rings is 1. The van der Waals surface area contributed by atoms with Crippen molar-refractivity contribution in [1.82, 2.24) is 9.80 Å². The van der Waals surface area contributed by atoms with Gasteiger partial charge in [0.1, 0.15) is 0 Å². The van der Waals surface area contributed by atoms with Crippen LogP contribution in [0.3, 0.4) is 0 Å². The van der Waals surface area contributed by atoms with Gasteiger partial charge >= 0.3 is 5.97 Å². The normalized spacial score (nSPS) is 30.9. The second-order valence-corrected chi connectivity index (χ2v) is 6.30. The minimum absolute atomic E-state index is 0. The zero-order chi connectivity index (χ0) is 14.0. The van der Waals surface area contributed by atoms with Gasteiger partial charge < -0.3 is 10.0 Å². The van der Waals surface area contributed by atoms with Gasteiger partial charge in [-0.3, -0.25) is 14.5 Å². The fourth-order valence-electron chi connectivity index (χ4n) is 3.34. The van der Waals surface area contributed by atoms with Gasteiger partial charge in [-0.05, 0) is 31.2 Å². The molecule has 2 fully saturated rings. The van der Waals surface area contributed by atoms with E-state index in [1.54, 1.807) is 0 Å². The molecule has 5 nitrogen and oxygen atoms in total. The summed E-state index contributed by atoms with van der Waals surface area (Å²) in [7, 11) is 0. The zero-order valence-corrected chi connectivity index (χ0v) is 13.1. The summed E-state index contributed by atoms with van der Waals surface area (Å²) < 4.78 is 0. The maximum Gasteiger partial charge on any atom is 0.307 e. The third-order valence-electron chi connectivity index (χ3n) is 4.20. The van der Waals surface area contributed by atoms with Gasteiger partial charge in [0.05, 0.1) is 12.5 Å². The zero-order valence-electron chi connectivity index (χ0n) is 12.2. The average Bonchev–Trinajstić information content (AvgIpc) is 2.76. The minimum atomic E-state index is -0.741. The predicted octanol–water partition coefficient (Wildman–Crippen LogP) is 1.32. The lowest BCUT2D eigenvalue weighted by atomic mass is 9.92. The monoisotopic (exact) mass is 304 g/mol. The van der Waals surface area contributed by atoms with E-state index < -0.39 is 5.97 Å². The van der Waals surface area contributed by atoms with Crippen LogP contribution in [0.2, 0.25) is 0 Å². The number of likely N-dealkylation sites (tertiary alicyclic amines) is 2. The van der Waals surface area contributed by atoms with Crippen molar-refractivity contribution >= 4 is 24.3 Å². The van der Waals surface area contributed by atoms with E-state index in [9.17, 15) is 9.59 Å². The first kappa shape index (κ1) is 17.2. The van der Waals surface area contributed by atoms with Gasteiger partial charge in [-0.2, -0.15) is 0 Å². The molecule has 0 saturated carbocycles. The van der Waals surface area contributed by atoms with E-state index >= 15 is 0 Å². The summed E-state index contributed by atoms with van der Waals surface area (Å²) in [6.07, 6.45) is 1.85. The quantitative estimate of drug-likeness (QED) is 0.854. The number of rotatable bonds is 3. The summed E-state index contributed by atoms with van der Waals surface area (Å²) in [6, 6.07) is 0. The molecule has 0 aromatic carbocycles. The molecule has 20 heavy (non-hydrogen) atoms. The van der Waals surface area contributed by atoms with E-state index in [2.05, 4.69) is 13.8 Å². The smallest absolute Gasteiger partial charge is 0.307 e. The summed E-state index contributed by atoms with van der Waals surface area (Å²) in [4.78, 5) is 27.1. The topological polar surface area (TPSA) is 60.9 Å². The van der Waals surface area contributed by atoms with E-state index in [-0.39, 0.29) is 24.2 Å². The molecule has 2 heterocycles. The Kier molecular flexibility index (Phi) is 6.27. The van der Waals surface area contributed by atoms with Crippen molar-refractivity contribution in [3.63, 3.8) is 0 Å². The van der Waals surface area contributed by atoms with Crippen molar-refractivity contribution in [2.75, 3.05) is 32.7 Å². The molecular weight excluding hydrogens is 280 g/mol. The SMILES string of the molecule is CC1CC(C)CN(C(=O)CN2CCC(C(=O)O)C2)C1.Cl. The number of carbonyl (C=O) groups is 2. The van der Waals surface area contributed by atoms with E-state index in [0.717, 1.165) is 19.6 Å². The predicted molar refractivity (Wildman–Crippen MR) is 79.0 cm³/mol. The maximum atomic E-state index is 12.3. The Hall–Kier alpha value is -0.810. The van der Waals surface area contributed by atoms with Gasteiger partial charge in [0, 0.05) is 19.6 Å². The van der Waals surface area contributed by atoms with E-state index in [1.807, 2.05) is 9.80 Å². The molecule has 1 amide bonds. The van der Waals surface area contributed by atoms with Crippen LogP contribution in [0, 0.1) is 17.8 Å². The van der Waals surface area contributed by atoms with Crippen LogP contribution in [0.25, 0.3) is 0 Å². The molecule has 2 aliphatic rings. The number of carboxylic acids is 1. The Labute approximate surface area is 126 Å². The lowest BCUT2D eigenvalue weighted by Gasteiger charge is -2.35. The molecule has 3 unspecified atom stereocenters. The molecule has 0 bridgehead atoms. The molecule has 6 heteroatoms. The summed E-state index contributed by atoms with van der Waals surface area (Å²) in [5.41, 5.74) is 0. The van der Waals surface area contributed by atoms with Crippen molar-refractivity contribution in [3.8, 4) is 0 Å². The number of amides is 1. The molecule has 0 aromatic rings. The van der Waals surface area contributed by atoms with Gasteiger partial charge in [0.2, 0.25) is 5.91 Å². The van der Waals surface area contributed by atoms with Crippen LogP contribution in [0.1, 0.15) is 26.7 Å². The second kappa shape index (κ2) is 7.27. The van der Waals surface area contributed by atoms with E-state index in [0.29, 0.717) is 31.3 Å². The van der Waals surface area contributed by atoms with Gasteiger partial charge in [0.15, 0.2) is 0 Å². The van der Waals surface area contributed by atoms with E-state index in [4.69, 9.17) is 5.11 Å². The first-order chi connectivity index (χ1) is 8.95. The standard InChI is InChI=1S/C14H24N2O3.ClH/c1-10-5-11(2)7-16(6-10)13(17)9-15-4-3-12(8-15)14(18)19;/h10-12H,3-9H2,1-2H3,(H,18,19);1H. The first-order valence-electron chi connectivity index (χ1n) is 7.18. The summed E-state index contributed by atoms with van der Waals surface area (Å²) >= 11 is 0. The second-order valence-electron chi connectivity index (χ2n) is 6.30. The van der Waals surface area contributed by atoms with Crippen LogP contribution in [0.4, 0.5) is 0 Å². The Morgan fingerprint density at radius 1 is 1.15 bits per heavy atom. The molecule has 1 N–H and O–H groups in total. The fraction of sp³-hybridized carbons (Fsp3) is 0.857. The highest BCUT2D eigenvalue weighted by molar-refractivity contribution is 5.85. The van der Waals surface area contributed by atoms with Gasteiger partial charge in [-0.1, -0.05) is 13.8 Å². The molecule has 0 radical (unpaired) electrons. The number of carboxylic acid groups (broad SMARTS) is 1. The number of nitrogens with zero attached hydrogens (tertiary/aromatic N) is 2. The van der Waals surface area contributed by atoms with Gasteiger partial charge in [-0.15, -0.1) is 12.4 Å². The van der Waals surface area contributed by atoms with Gasteiger partial charge in [0.25, 0.3) is 0 Å². The lowest BCUT2D eigenvalue weighted by Crippen LogP contribution is -2.46. The number of hydrogen-bond donors (Lipinski definition) is 1. The molecular formula is C14H25ClN2O3. The number of halogens is 1. The van der Waals surface area contributed by atoms with Crippen molar-refractivity contribution < 1.29 is 14.7 Å². The molecule has 0 aliphatic carbocycles. The number of carbonyl (C=O) groups excluding carboxylic acids is 1. The Morgan fingerprint density at radius 3 is 2.25 bits per heavy atom. The van der Waals surface area contributed by atoms with Crippen molar-refractivity contribution in [3.05, 3.63) is 0 Å². The molecule has 2 aliphatic heterocycles. The Morgan fingerprint density at radius 2 is 1.75 bits per heavy atom. The minimum Gasteiger partial charge on any atom is -0.481 e. The third-order valence-corrected chi connectivity index (χ3v) is 4.20. The number of aliphatic carboxylic acids is 1. The average molecular weight is 305 g/mol. The third kappa shape index (κ3) is 4.35. The van der Waals surface area contributed by atoms with Crippen molar-refractivity contribution in [2.24, 2.45) is 17.8 Å². The number of hydrogen-bond acceptors (Lipinski definition) is 3.